The minimum absolute atomic E-state index is 0.0736. The number of rotatable bonds is 6. The van der Waals surface area contributed by atoms with E-state index in [-0.39, 0.29) is 30.2 Å². The van der Waals surface area contributed by atoms with Crippen LogP contribution in [0.5, 0.6) is 0 Å². The van der Waals surface area contributed by atoms with Crippen LogP contribution < -0.4 is 10.9 Å². The van der Waals surface area contributed by atoms with Gasteiger partial charge in [0.2, 0.25) is 11.0 Å². The van der Waals surface area contributed by atoms with Gasteiger partial charge in [-0.25, -0.2) is 9.37 Å². The molecule has 1 aromatic carbocycles. The van der Waals surface area contributed by atoms with Gasteiger partial charge >= 0.3 is 0 Å². The molecule has 5 rings (SSSR count). The summed E-state index contributed by atoms with van der Waals surface area (Å²) in [6.45, 7) is 0.243. The van der Waals surface area contributed by atoms with Crippen molar-refractivity contribution in [2.24, 2.45) is 0 Å². The second-order valence-electron chi connectivity index (χ2n) is 7.74. The molecule has 32 heavy (non-hydrogen) atoms. The maximum absolute atomic E-state index is 13.3. The predicted octanol–water partition coefficient (Wildman–Crippen LogP) is 3.95. The first-order valence-electron chi connectivity index (χ1n) is 10.4. The monoisotopic (exact) mass is 469 g/mol. The van der Waals surface area contributed by atoms with E-state index in [0.717, 1.165) is 47.0 Å². The summed E-state index contributed by atoms with van der Waals surface area (Å²) in [6, 6.07) is 6.30. The minimum Gasteiger partial charge on any atom is -0.300 e. The van der Waals surface area contributed by atoms with Gasteiger partial charge in [0.15, 0.2) is 0 Å². The predicted molar refractivity (Wildman–Crippen MR) is 123 cm³/mol. The average Bonchev–Trinajstić information content (AvgIpc) is 3.37. The Morgan fingerprint density at radius 3 is 2.94 bits per heavy atom. The average molecular weight is 470 g/mol. The number of carbonyl (C=O) groups excluding carboxylic acids is 1. The van der Waals surface area contributed by atoms with E-state index < -0.39 is 0 Å². The number of anilines is 1. The fourth-order valence-electron chi connectivity index (χ4n) is 3.94. The number of benzene rings is 1. The van der Waals surface area contributed by atoms with Crippen LogP contribution in [0.15, 0.2) is 35.4 Å². The molecule has 0 saturated carbocycles. The zero-order valence-electron chi connectivity index (χ0n) is 17.1. The third kappa shape index (κ3) is 4.33. The molecular weight excluding hydrogens is 449 g/mol. The molecule has 1 amide bonds. The summed E-state index contributed by atoms with van der Waals surface area (Å²) in [6.07, 6.45) is 6.28. The van der Waals surface area contributed by atoms with Crippen LogP contribution in [0.2, 0.25) is 0 Å². The molecule has 7 nitrogen and oxygen atoms in total. The van der Waals surface area contributed by atoms with Crippen molar-refractivity contribution < 1.29 is 9.18 Å². The normalized spacial score (nSPS) is 13.3. The van der Waals surface area contributed by atoms with Crippen molar-refractivity contribution in [3.05, 3.63) is 67.8 Å². The molecule has 0 radical (unpaired) electrons. The van der Waals surface area contributed by atoms with Gasteiger partial charge in [0.25, 0.3) is 5.56 Å². The molecule has 0 atom stereocenters. The summed E-state index contributed by atoms with van der Waals surface area (Å²) < 4.78 is 14.8. The Labute approximate surface area is 191 Å². The number of carbonyl (C=O) groups is 1. The summed E-state index contributed by atoms with van der Waals surface area (Å²) >= 11 is 2.86. The van der Waals surface area contributed by atoms with Gasteiger partial charge in [0, 0.05) is 24.3 Å². The summed E-state index contributed by atoms with van der Waals surface area (Å²) in [7, 11) is 0. The van der Waals surface area contributed by atoms with E-state index in [9.17, 15) is 14.0 Å². The van der Waals surface area contributed by atoms with Crippen molar-refractivity contribution in [3.63, 3.8) is 0 Å². The van der Waals surface area contributed by atoms with E-state index in [1.54, 1.807) is 17.4 Å². The number of halogens is 1. The number of thiophene rings is 1. The quantitative estimate of drug-likeness (QED) is 0.462. The molecule has 0 spiro atoms. The van der Waals surface area contributed by atoms with E-state index in [4.69, 9.17) is 0 Å². The first-order valence-corrected chi connectivity index (χ1v) is 12.1. The molecule has 0 fully saturated rings. The maximum atomic E-state index is 13.3. The number of aromatic nitrogens is 4. The lowest BCUT2D eigenvalue weighted by atomic mass is 9.97. The highest BCUT2D eigenvalue weighted by molar-refractivity contribution is 7.18. The van der Waals surface area contributed by atoms with E-state index in [2.05, 4.69) is 20.5 Å². The van der Waals surface area contributed by atoms with Crippen LogP contribution in [0.3, 0.4) is 0 Å². The van der Waals surface area contributed by atoms with E-state index in [1.807, 2.05) is 6.07 Å². The Hall–Kier alpha value is -2.98. The lowest BCUT2D eigenvalue weighted by Crippen LogP contribution is -2.24. The fraction of sp³-hybridized carbons (Fsp3) is 0.318. The van der Waals surface area contributed by atoms with Crippen LogP contribution in [0.4, 0.5) is 9.52 Å². The van der Waals surface area contributed by atoms with Gasteiger partial charge in [-0.2, -0.15) is 0 Å². The van der Waals surface area contributed by atoms with Crippen molar-refractivity contribution in [2.45, 2.75) is 45.1 Å². The van der Waals surface area contributed by atoms with E-state index in [1.165, 1.54) is 39.2 Å². The Morgan fingerprint density at radius 2 is 2.06 bits per heavy atom. The lowest BCUT2D eigenvalue weighted by molar-refractivity contribution is -0.116. The summed E-state index contributed by atoms with van der Waals surface area (Å²) in [4.78, 5) is 31.9. The third-order valence-electron chi connectivity index (χ3n) is 5.48. The number of amides is 1. The zero-order valence-corrected chi connectivity index (χ0v) is 18.8. The Balaban J connectivity index is 1.23. The molecule has 0 saturated heterocycles. The number of aryl methyl sites for hydroxylation is 3. The molecule has 1 aliphatic carbocycles. The lowest BCUT2D eigenvalue weighted by Gasteiger charge is -2.10. The summed E-state index contributed by atoms with van der Waals surface area (Å²) in [5.74, 6) is -0.552. The molecular formula is C22H20FN5O2S2. The SMILES string of the molecule is O=C(CCn1cnc2sc3c(c2c1=O)CCCC3)Nc1nnc(Cc2cccc(F)c2)s1. The van der Waals surface area contributed by atoms with Crippen LogP contribution in [-0.2, 0) is 30.6 Å². The molecule has 1 aliphatic rings. The molecule has 0 aliphatic heterocycles. The van der Waals surface area contributed by atoms with Crippen molar-refractivity contribution in [1.29, 1.82) is 0 Å². The van der Waals surface area contributed by atoms with Crippen molar-refractivity contribution in [2.75, 3.05) is 5.32 Å². The number of nitrogens with zero attached hydrogens (tertiary/aromatic N) is 4. The van der Waals surface area contributed by atoms with Crippen LogP contribution in [0, 0.1) is 5.82 Å². The van der Waals surface area contributed by atoms with Gasteiger partial charge in [-0.05, 0) is 48.9 Å². The van der Waals surface area contributed by atoms with Crippen LogP contribution in [0.1, 0.15) is 40.3 Å². The first kappa shape index (κ1) is 20.9. The first-order chi connectivity index (χ1) is 15.6. The third-order valence-corrected chi connectivity index (χ3v) is 7.52. The second kappa shape index (κ2) is 8.87. The minimum atomic E-state index is -0.300. The van der Waals surface area contributed by atoms with Crippen LogP contribution in [-0.4, -0.2) is 25.7 Å². The number of hydrogen-bond donors (Lipinski definition) is 1. The van der Waals surface area contributed by atoms with Crippen molar-refractivity contribution in [1.82, 2.24) is 19.7 Å². The van der Waals surface area contributed by atoms with Gasteiger partial charge in [-0.15, -0.1) is 21.5 Å². The molecule has 1 N–H and O–H groups in total. The van der Waals surface area contributed by atoms with Crippen LogP contribution in [0.25, 0.3) is 10.2 Å². The molecule has 4 aromatic rings. The number of nitrogens with one attached hydrogen (secondary N) is 1. The summed E-state index contributed by atoms with van der Waals surface area (Å²) in [5, 5.41) is 12.6. The summed E-state index contributed by atoms with van der Waals surface area (Å²) in [5.41, 5.74) is 1.86. The van der Waals surface area contributed by atoms with Gasteiger partial charge in [0.05, 0.1) is 11.7 Å². The molecule has 164 valence electrons. The Kier molecular flexibility index (Phi) is 5.79. The fourth-order valence-corrected chi connectivity index (χ4v) is 5.95. The topological polar surface area (TPSA) is 89.8 Å². The molecule has 3 heterocycles. The standard InChI is InChI=1S/C22H20FN5O2S2/c23-14-5-3-4-13(10-14)11-18-26-27-22(32-18)25-17(29)8-9-28-12-24-20-19(21(28)30)15-6-1-2-7-16(15)31-20/h3-5,10,12H,1-2,6-9,11H2,(H,25,27,29). The highest BCUT2D eigenvalue weighted by Crippen LogP contribution is 2.33. The largest absolute Gasteiger partial charge is 0.300 e. The number of fused-ring (bicyclic) bond motifs is 3. The second-order valence-corrected chi connectivity index (χ2v) is 9.89. The van der Waals surface area contributed by atoms with Gasteiger partial charge < -0.3 is 5.32 Å². The number of hydrogen-bond acceptors (Lipinski definition) is 7. The highest BCUT2D eigenvalue weighted by Gasteiger charge is 2.20. The zero-order chi connectivity index (χ0) is 22.1. The highest BCUT2D eigenvalue weighted by atomic mass is 32.1. The van der Waals surface area contributed by atoms with Crippen LogP contribution >= 0.6 is 22.7 Å². The Bertz CT molecular complexity index is 1360. The van der Waals surface area contributed by atoms with Crippen molar-refractivity contribution >= 4 is 43.9 Å². The van der Waals surface area contributed by atoms with E-state index >= 15 is 0 Å². The molecule has 10 heteroatoms. The molecule has 0 bridgehead atoms. The maximum Gasteiger partial charge on any atom is 0.262 e. The smallest absolute Gasteiger partial charge is 0.262 e. The van der Waals surface area contributed by atoms with Gasteiger partial charge in [0.1, 0.15) is 15.7 Å². The van der Waals surface area contributed by atoms with Gasteiger partial charge in [-0.1, -0.05) is 23.5 Å². The van der Waals surface area contributed by atoms with E-state index in [0.29, 0.717) is 16.6 Å². The van der Waals surface area contributed by atoms with Gasteiger partial charge in [-0.3, -0.25) is 14.2 Å². The molecule has 3 aromatic heterocycles. The van der Waals surface area contributed by atoms with Crippen molar-refractivity contribution in [3.8, 4) is 0 Å². The molecule has 0 unspecified atom stereocenters. The Morgan fingerprint density at radius 1 is 1.19 bits per heavy atom.